The molecule has 5 heteroatoms. The normalized spacial score (nSPS) is 12.5. The van der Waals surface area contributed by atoms with Crippen LogP contribution in [0.3, 0.4) is 0 Å². The molecule has 1 heterocycles. The topological polar surface area (TPSA) is 21.1 Å². The molecule has 0 atom stereocenters. The molecule has 0 aliphatic heterocycles. The minimum atomic E-state index is 0.122. The molecule has 0 unspecified atom stereocenters. The van der Waals surface area contributed by atoms with Crippen LogP contribution in [0.1, 0.15) is 19.7 Å². The van der Waals surface area contributed by atoms with E-state index in [0.717, 1.165) is 41.4 Å². The first-order valence-corrected chi connectivity index (χ1v) is 8.09. The third-order valence-electron chi connectivity index (χ3n) is 3.44. The summed E-state index contributed by atoms with van der Waals surface area (Å²) in [6.45, 7) is 6.40. The molecule has 3 nitrogen and oxygen atoms in total. The fourth-order valence-corrected chi connectivity index (χ4v) is 3.41. The highest BCUT2D eigenvalue weighted by atomic mass is 35.5. The van der Waals surface area contributed by atoms with E-state index in [9.17, 15) is 0 Å². The molecule has 116 valence electrons. The molecule has 0 fully saturated rings. The van der Waals surface area contributed by atoms with E-state index < -0.39 is 0 Å². The zero-order valence-corrected chi connectivity index (χ0v) is 14.7. The predicted molar refractivity (Wildman–Crippen MR) is 91.5 cm³/mol. The molecule has 0 saturated carbocycles. The number of para-hydroxylation sites is 1. The zero-order chi connectivity index (χ0) is 15.6. The van der Waals surface area contributed by atoms with Crippen molar-refractivity contribution in [2.45, 2.75) is 26.8 Å². The van der Waals surface area contributed by atoms with Gasteiger partial charge in [-0.15, -0.1) is 11.6 Å². The molecule has 0 saturated heterocycles. The minimum absolute atomic E-state index is 0.122. The molecular formula is C16H23Cl2N3. The number of halogens is 2. The Balaban J connectivity index is 2.47. The Kier molecular flexibility index (Phi) is 5.18. The molecule has 2 aromatic rings. The van der Waals surface area contributed by atoms with Crippen LogP contribution >= 0.6 is 23.2 Å². The Morgan fingerprint density at radius 1 is 1.29 bits per heavy atom. The van der Waals surface area contributed by atoms with Crippen molar-refractivity contribution in [1.29, 1.82) is 0 Å². The number of imidazole rings is 1. The first kappa shape index (κ1) is 16.6. The lowest BCUT2D eigenvalue weighted by molar-refractivity contribution is 0.211. The van der Waals surface area contributed by atoms with Gasteiger partial charge >= 0.3 is 0 Å². The van der Waals surface area contributed by atoms with Crippen molar-refractivity contribution in [3.05, 3.63) is 29.0 Å². The molecule has 0 amide bonds. The van der Waals surface area contributed by atoms with Crippen LogP contribution < -0.4 is 0 Å². The van der Waals surface area contributed by atoms with Gasteiger partial charge in [-0.25, -0.2) is 4.98 Å². The van der Waals surface area contributed by atoms with Gasteiger partial charge in [-0.05, 0) is 31.6 Å². The highest BCUT2D eigenvalue weighted by molar-refractivity contribution is 6.35. The maximum Gasteiger partial charge on any atom is 0.111 e. The lowest BCUT2D eigenvalue weighted by Gasteiger charge is -2.29. The van der Waals surface area contributed by atoms with Crippen LogP contribution in [-0.2, 0) is 13.0 Å². The Labute approximate surface area is 136 Å². The van der Waals surface area contributed by atoms with Gasteiger partial charge in [0.15, 0.2) is 0 Å². The molecule has 0 N–H and O–H groups in total. The first-order valence-electron chi connectivity index (χ1n) is 7.18. The Morgan fingerprint density at radius 3 is 2.62 bits per heavy atom. The number of benzene rings is 1. The number of alkyl halides is 1. The monoisotopic (exact) mass is 327 g/mol. The molecule has 21 heavy (non-hydrogen) atoms. The SMILES string of the molecule is CN(C)CC(C)(C)Cn1c(CCCl)nc2cccc(Cl)c21. The second-order valence-electron chi connectivity index (χ2n) is 6.56. The average Bonchev–Trinajstić information content (AvgIpc) is 2.67. The Hall–Kier alpha value is -0.770. The number of hydrogen-bond acceptors (Lipinski definition) is 2. The molecule has 0 aliphatic rings. The van der Waals surface area contributed by atoms with Gasteiger partial charge in [0.2, 0.25) is 0 Å². The van der Waals surface area contributed by atoms with Crippen molar-refractivity contribution in [3.63, 3.8) is 0 Å². The van der Waals surface area contributed by atoms with Gasteiger partial charge < -0.3 is 9.47 Å². The van der Waals surface area contributed by atoms with E-state index in [2.05, 4.69) is 37.4 Å². The summed E-state index contributed by atoms with van der Waals surface area (Å²) in [5, 5.41) is 0.751. The van der Waals surface area contributed by atoms with E-state index in [1.54, 1.807) is 0 Å². The second-order valence-corrected chi connectivity index (χ2v) is 7.35. The first-order chi connectivity index (χ1) is 9.84. The summed E-state index contributed by atoms with van der Waals surface area (Å²) in [6, 6.07) is 5.87. The molecule has 0 spiro atoms. The van der Waals surface area contributed by atoms with Crippen molar-refractivity contribution in [2.24, 2.45) is 5.41 Å². The van der Waals surface area contributed by atoms with Crippen LogP contribution in [0.25, 0.3) is 11.0 Å². The average molecular weight is 328 g/mol. The summed E-state index contributed by atoms with van der Waals surface area (Å²) < 4.78 is 2.24. The largest absolute Gasteiger partial charge is 0.326 e. The van der Waals surface area contributed by atoms with E-state index in [1.807, 2.05) is 18.2 Å². The van der Waals surface area contributed by atoms with E-state index in [4.69, 9.17) is 28.2 Å². The van der Waals surface area contributed by atoms with Crippen molar-refractivity contribution >= 4 is 34.2 Å². The van der Waals surface area contributed by atoms with Gasteiger partial charge in [0.05, 0.1) is 16.1 Å². The molecule has 1 aromatic carbocycles. The maximum absolute atomic E-state index is 6.41. The third kappa shape index (κ3) is 3.91. The van der Waals surface area contributed by atoms with Crippen LogP contribution in [0.4, 0.5) is 0 Å². The number of nitrogens with zero attached hydrogens (tertiary/aromatic N) is 3. The van der Waals surface area contributed by atoms with Crippen molar-refractivity contribution < 1.29 is 0 Å². The number of rotatable bonds is 6. The quantitative estimate of drug-likeness (QED) is 0.746. The number of hydrogen-bond donors (Lipinski definition) is 0. The van der Waals surface area contributed by atoms with Gasteiger partial charge in [0, 0.05) is 25.4 Å². The fraction of sp³-hybridized carbons (Fsp3) is 0.562. The summed E-state index contributed by atoms with van der Waals surface area (Å²) in [7, 11) is 4.20. The lowest BCUT2D eigenvalue weighted by Crippen LogP contribution is -2.32. The van der Waals surface area contributed by atoms with Gasteiger partial charge in [-0.1, -0.05) is 31.5 Å². The van der Waals surface area contributed by atoms with Crippen LogP contribution in [0.2, 0.25) is 5.02 Å². The third-order valence-corrected chi connectivity index (χ3v) is 3.94. The van der Waals surface area contributed by atoms with Gasteiger partial charge in [0.1, 0.15) is 5.82 Å². The number of aromatic nitrogens is 2. The van der Waals surface area contributed by atoms with E-state index in [1.165, 1.54) is 0 Å². The second kappa shape index (κ2) is 6.55. The summed E-state index contributed by atoms with van der Waals surface area (Å²) in [4.78, 5) is 6.92. The highest BCUT2D eigenvalue weighted by Gasteiger charge is 2.23. The lowest BCUT2D eigenvalue weighted by atomic mass is 9.92. The zero-order valence-electron chi connectivity index (χ0n) is 13.2. The summed E-state index contributed by atoms with van der Waals surface area (Å²) in [6.07, 6.45) is 0.755. The molecule has 2 rings (SSSR count). The molecule has 0 radical (unpaired) electrons. The molecule has 0 bridgehead atoms. The minimum Gasteiger partial charge on any atom is -0.326 e. The maximum atomic E-state index is 6.41. The van der Waals surface area contributed by atoms with Gasteiger partial charge in [-0.2, -0.15) is 0 Å². The van der Waals surface area contributed by atoms with E-state index in [0.29, 0.717) is 5.88 Å². The molecule has 1 aromatic heterocycles. The van der Waals surface area contributed by atoms with Crippen molar-refractivity contribution in [1.82, 2.24) is 14.5 Å². The Morgan fingerprint density at radius 2 is 2.00 bits per heavy atom. The predicted octanol–water partition coefficient (Wildman–Crippen LogP) is 4.06. The van der Waals surface area contributed by atoms with E-state index in [-0.39, 0.29) is 5.41 Å². The summed E-state index contributed by atoms with van der Waals surface area (Å²) >= 11 is 12.3. The highest BCUT2D eigenvalue weighted by Crippen LogP contribution is 2.29. The smallest absolute Gasteiger partial charge is 0.111 e. The Bertz CT molecular complexity index is 617. The molecular weight excluding hydrogens is 305 g/mol. The van der Waals surface area contributed by atoms with Crippen molar-refractivity contribution in [3.8, 4) is 0 Å². The standard InChI is InChI=1S/C16H23Cl2N3/c1-16(2,10-20(3)4)11-21-14(8-9-17)19-13-7-5-6-12(18)15(13)21/h5-7H,8-11H2,1-4H3. The van der Waals surface area contributed by atoms with Crippen LogP contribution in [0.5, 0.6) is 0 Å². The van der Waals surface area contributed by atoms with Crippen LogP contribution in [0, 0.1) is 5.41 Å². The fourth-order valence-electron chi connectivity index (χ4n) is 2.97. The number of fused-ring (bicyclic) bond motifs is 1. The van der Waals surface area contributed by atoms with Crippen LogP contribution in [-0.4, -0.2) is 41.0 Å². The summed E-state index contributed by atoms with van der Waals surface area (Å²) in [5.74, 6) is 1.58. The van der Waals surface area contributed by atoms with E-state index >= 15 is 0 Å². The number of aryl methyl sites for hydroxylation is 1. The molecule has 0 aliphatic carbocycles. The van der Waals surface area contributed by atoms with Crippen LogP contribution in [0.15, 0.2) is 18.2 Å². The van der Waals surface area contributed by atoms with Gasteiger partial charge in [-0.3, -0.25) is 0 Å². The van der Waals surface area contributed by atoms with Gasteiger partial charge in [0.25, 0.3) is 0 Å². The summed E-state index contributed by atoms with van der Waals surface area (Å²) in [5.41, 5.74) is 2.09. The van der Waals surface area contributed by atoms with Crippen molar-refractivity contribution in [2.75, 3.05) is 26.5 Å².